The van der Waals surface area contributed by atoms with Crippen molar-refractivity contribution < 1.29 is 9.47 Å². The van der Waals surface area contributed by atoms with Crippen LogP contribution in [-0.2, 0) is 4.74 Å². The Bertz CT molecular complexity index is 402. The third-order valence-electron chi connectivity index (χ3n) is 2.83. The lowest BCUT2D eigenvalue weighted by atomic mass is 10.2. The largest absolute Gasteiger partial charge is 0.490 e. The lowest BCUT2D eigenvalue weighted by Gasteiger charge is -2.38. The Kier molecular flexibility index (Phi) is 3.69. The maximum Gasteiger partial charge on any atom is 0.199 e. The maximum atomic E-state index is 6.00. The number of morpholine rings is 1. The van der Waals surface area contributed by atoms with Gasteiger partial charge < -0.3 is 14.4 Å². The van der Waals surface area contributed by atoms with E-state index in [1.165, 1.54) is 6.33 Å². The van der Waals surface area contributed by atoms with Crippen LogP contribution in [0.1, 0.15) is 13.8 Å². The monoisotopic (exact) mass is 257 g/mol. The van der Waals surface area contributed by atoms with Crippen LogP contribution >= 0.6 is 11.6 Å². The molecule has 1 aliphatic rings. The molecule has 1 aliphatic heterocycles. The third kappa shape index (κ3) is 2.45. The van der Waals surface area contributed by atoms with E-state index in [0.29, 0.717) is 17.5 Å². The molecule has 0 N–H and O–H groups in total. The number of halogens is 1. The Balaban J connectivity index is 2.35. The molecule has 2 atom stereocenters. The van der Waals surface area contributed by atoms with Crippen LogP contribution in [-0.4, -0.2) is 42.4 Å². The molecule has 6 heteroatoms. The van der Waals surface area contributed by atoms with Gasteiger partial charge in [0.2, 0.25) is 0 Å². The van der Waals surface area contributed by atoms with E-state index in [-0.39, 0.29) is 12.1 Å². The molecular formula is C11H16ClN3O2. The van der Waals surface area contributed by atoms with Crippen LogP contribution in [0.25, 0.3) is 0 Å². The summed E-state index contributed by atoms with van der Waals surface area (Å²) >= 11 is 6.00. The highest BCUT2D eigenvalue weighted by atomic mass is 35.5. The van der Waals surface area contributed by atoms with Crippen LogP contribution in [0.2, 0.25) is 5.15 Å². The van der Waals surface area contributed by atoms with Gasteiger partial charge in [-0.2, -0.15) is 0 Å². The minimum absolute atomic E-state index is 0.171. The summed E-state index contributed by atoms with van der Waals surface area (Å²) in [5, 5.41) is 0.337. The summed E-state index contributed by atoms with van der Waals surface area (Å²) in [6.07, 6.45) is 1.62. The molecule has 94 valence electrons. The van der Waals surface area contributed by atoms with Crippen LogP contribution in [0.5, 0.6) is 5.75 Å². The number of hydrogen-bond donors (Lipinski definition) is 0. The van der Waals surface area contributed by atoms with Crippen molar-refractivity contribution in [1.82, 2.24) is 9.97 Å². The van der Waals surface area contributed by atoms with Gasteiger partial charge in [0.15, 0.2) is 16.7 Å². The van der Waals surface area contributed by atoms with Gasteiger partial charge in [0.1, 0.15) is 6.33 Å². The van der Waals surface area contributed by atoms with Crippen molar-refractivity contribution in [3.05, 3.63) is 11.5 Å². The fraction of sp³-hybridized carbons (Fsp3) is 0.636. The van der Waals surface area contributed by atoms with E-state index in [1.54, 1.807) is 7.11 Å². The molecule has 2 unspecified atom stereocenters. The van der Waals surface area contributed by atoms with Crippen LogP contribution in [0, 0.1) is 0 Å². The number of nitrogens with zero attached hydrogens (tertiary/aromatic N) is 3. The van der Waals surface area contributed by atoms with E-state index in [4.69, 9.17) is 21.1 Å². The van der Waals surface area contributed by atoms with Crippen molar-refractivity contribution in [3.63, 3.8) is 0 Å². The number of hydrogen-bond acceptors (Lipinski definition) is 5. The highest BCUT2D eigenvalue weighted by Crippen LogP contribution is 2.33. The summed E-state index contributed by atoms with van der Waals surface area (Å²) < 4.78 is 10.9. The molecule has 2 rings (SSSR count). The molecule has 17 heavy (non-hydrogen) atoms. The van der Waals surface area contributed by atoms with Crippen LogP contribution in [0.4, 0.5) is 5.82 Å². The Hall–Kier alpha value is -1.07. The predicted molar refractivity (Wildman–Crippen MR) is 65.8 cm³/mol. The van der Waals surface area contributed by atoms with Gasteiger partial charge in [-0.15, -0.1) is 0 Å². The zero-order valence-electron chi connectivity index (χ0n) is 10.2. The van der Waals surface area contributed by atoms with Crippen molar-refractivity contribution in [2.24, 2.45) is 0 Å². The lowest BCUT2D eigenvalue weighted by molar-refractivity contribution is 0.0338. The highest BCUT2D eigenvalue weighted by Gasteiger charge is 2.27. The number of methoxy groups -OCH3 is 1. The molecule has 1 aromatic heterocycles. The summed E-state index contributed by atoms with van der Waals surface area (Å²) in [4.78, 5) is 10.3. The molecule has 0 radical (unpaired) electrons. The van der Waals surface area contributed by atoms with Gasteiger partial charge in [-0.3, -0.25) is 0 Å². The van der Waals surface area contributed by atoms with Crippen molar-refractivity contribution in [1.29, 1.82) is 0 Å². The molecule has 1 fully saturated rings. The van der Waals surface area contributed by atoms with Gasteiger partial charge in [0.25, 0.3) is 0 Å². The van der Waals surface area contributed by atoms with E-state index >= 15 is 0 Å². The molecule has 0 saturated carbocycles. The minimum atomic E-state index is 0.171. The quantitative estimate of drug-likeness (QED) is 0.756. The standard InChI is InChI=1S/C11H16ClN3O2/c1-7-5-17-8(2)4-15(7)11-9(16-3)10(12)13-6-14-11/h6-8H,4-5H2,1-3H3. The SMILES string of the molecule is COc1c(Cl)ncnc1N1CC(C)OCC1C. The molecule has 0 amide bonds. The van der Waals surface area contributed by atoms with Gasteiger partial charge in [0.05, 0.1) is 25.9 Å². The molecule has 1 saturated heterocycles. The first kappa shape index (κ1) is 12.4. The third-order valence-corrected chi connectivity index (χ3v) is 3.09. The van der Waals surface area contributed by atoms with Crippen LogP contribution < -0.4 is 9.64 Å². The van der Waals surface area contributed by atoms with Gasteiger partial charge in [0, 0.05) is 6.54 Å². The van der Waals surface area contributed by atoms with Gasteiger partial charge in [-0.05, 0) is 13.8 Å². The second-order valence-electron chi connectivity index (χ2n) is 4.17. The highest BCUT2D eigenvalue weighted by molar-refractivity contribution is 6.31. The zero-order chi connectivity index (χ0) is 12.4. The maximum absolute atomic E-state index is 6.00. The van der Waals surface area contributed by atoms with E-state index < -0.39 is 0 Å². The first-order valence-electron chi connectivity index (χ1n) is 5.56. The minimum Gasteiger partial charge on any atom is -0.490 e. The molecule has 2 heterocycles. The fourth-order valence-electron chi connectivity index (χ4n) is 1.92. The summed E-state index contributed by atoms with van der Waals surface area (Å²) in [5.41, 5.74) is 0. The number of aromatic nitrogens is 2. The first-order valence-corrected chi connectivity index (χ1v) is 5.94. The fourth-order valence-corrected chi connectivity index (χ4v) is 2.13. The van der Waals surface area contributed by atoms with E-state index in [9.17, 15) is 0 Å². The lowest BCUT2D eigenvalue weighted by Crippen LogP contribution is -2.48. The summed E-state index contributed by atoms with van der Waals surface area (Å²) in [5.74, 6) is 1.25. The Morgan fingerprint density at radius 1 is 1.47 bits per heavy atom. The number of rotatable bonds is 2. The van der Waals surface area contributed by atoms with Gasteiger partial charge in [-0.1, -0.05) is 11.6 Å². The molecule has 5 nitrogen and oxygen atoms in total. The predicted octanol–water partition coefficient (Wildman–Crippen LogP) is 1.75. The molecule has 0 aliphatic carbocycles. The second-order valence-corrected chi connectivity index (χ2v) is 4.52. The summed E-state index contributed by atoms with van der Waals surface area (Å²) in [6, 6.07) is 0.242. The average molecular weight is 258 g/mol. The average Bonchev–Trinajstić information content (AvgIpc) is 2.32. The molecular weight excluding hydrogens is 242 g/mol. The number of ether oxygens (including phenoxy) is 2. The molecule has 0 spiro atoms. The topological polar surface area (TPSA) is 47.5 Å². The summed E-state index contributed by atoms with van der Waals surface area (Å²) in [6.45, 7) is 5.56. The molecule has 0 aromatic carbocycles. The van der Waals surface area contributed by atoms with Crippen LogP contribution in [0.15, 0.2) is 6.33 Å². The van der Waals surface area contributed by atoms with Crippen molar-refractivity contribution in [3.8, 4) is 5.75 Å². The van der Waals surface area contributed by atoms with Gasteiger partial charge >= 0.3 is 0 Å². The van der Waals surface area contributed by atoms with Crippen LogP contribution in [0.3, 0.4) is 0 Å². The smallest absolute Gasteiger partial charge is 0.199 e. The number of anilines is 1. The summed E-state index contributed by atoms with van der Waals surface area (Å²) in [7, 11) is 1.57. The van der Waals surface area contributed by atoms with E-state index in [2.05, 4.69) is 21.8 Å². The van der Waals surface area contributed by atoms with Crippen molar-refractivity contribution in [2.75, 3.05) is 25.2 Å². The van der Waals surface area contributed by atoms with Crippen molar-refractivity contribution >= 4 is 17.4 Å². The Morgan fingerprint density at radius 3 is 2.94 bits per heavy atom. The van der Waals surface area contributed by atoms with E-state index in [0.717, 1.165) is 12.4 Å². The zero-order valence-corrected chi connectivity index (χ0v) is 10.9. The van der Waals surface area contributed by atoms with E-state index in [1.807, 2.05) is 6.92 Å². The second kappa shape index (κ2) is 5.06. The molecule has 0 bridgehead atoms. The normalized spacial score (nSPS) is 24.8. The first-order chi connectivity index (χ1) is 8.13. The van der Waals surface area contributed by atoms with Gasteiger partial charge in [-0.25, -0.2) is 9.97 Å². The molecule has 1 aromatic rings. The Labute approximate surface area is 106 Å². The van der Waals surface area contributed by atoms with Crippen molar-refractivity contribution in [2.45, 2.75) is 26.0 Å². The Morgan fingerprint density at radius 2 is 2.24 bits per heavy atom.